The van der Waals surface area contributed by atoms with E-state index in [4.69, 9.17) is 15.9 Å². The number of hydrogen-bond acceptors (Lipinski definition) is 6. The van der Waals surface area contributed by atoms with Crippen molar-refractivity contribution in [3.05, 3.63) is 71.7 Å². The minimum Gasteiger partial charge on any atom is -0.481 e. The van der Waals surface area contributed by atoms with Gasteiger partial charge >= 0.3 is 12.1 Å². The quantitative estimate of drug-likeness (QED) is 0.352. The Kier molecular flexibility index (Phi) is 6.85. The van der Waals surface area contributed by atoms with E-state index in [9.17, 15) is 14.7 Å². The van der Waals surface area contributed by atoms with Crippen LogP contribution in [0.2, 0.25) is 0 Å². The van der Waals surface area contributed by atoms with Crippen molar-refractivity contribution in [2.45, 2.75) is 32.9 Å². The third-order valence-corrected chi connectivity index (χ3v) is 5.46. The number of nitrogens with zero attached hydrogens (tertiary/aromatic N) is 3. The highest BCUT2D eigenvalue weighted by molar-refractivity contribution is 6.09. The number of methoxy groups -OCH3 is 1. The molecule has 188 valence electrons. The zero-order chi connectivity index (χ0) is 26.7. The molecule has 0 aliphatic rings. The molecule has 0 spiro atoms. The highest BCUT2D eigenvalue weighted by Crippen LogP contribution is 2.39. The van der Waals surface area contributed by atoms with Gasteiger partial charge in [0.25, 0.3) is 0 Å². The van der Waals surface area contributed by atoms with Crippen LogP contribution in [-0.4, -0.2) is 44.4 Å². The molecule has 0 aliphatic heterocycles. The van der Waals surface area contributed by atoms with Crippen LogP contribution >= 0.6 is 0 Å². The molecule has 0 saturated heterocycles. The zero-order valence-electron chi connectivity index (χ0n) is 20.9. The monoisotopic (exact) mass is 498 g/mol. The standard InChI is InChI=1S/C28H26N4O5/c1-6-17-9-10-21-20(14-17)23(19-8-7-12-30-25(19)36-5)24(26(33)34)32(21)16-18-11-13-29-22(15-18)31-27(35)37-28(2,3)4/h1,7-15H,16H2,2-5H3,(H,33,34)(H,29,31,35). The average molecular weight is 499 g/mol. The van der Waals surface area contributed by atoms with Gasteiger partial charge < -0.3 is 19.1 Å². The lowest BCUT2D eigenvalue weighted by Crippen LogP contribution is -2.27. The van der Waals surface area contributed by atoms with Gasteiger partial charge in [0.15, 0.2) is 0 Å². The molecule has 0 unspecified atom stereocenters. The molecule has 0 atom stereocenters. The number of carboxylic acids is 1. The summed E-state index contributed by atoms with van der Waals surface area (Å²) in [4.78, 5) is 33.3. The van der Waals surface area contributed by atoms with E-state index in [2.05, 4.69) is 21.2 Å². The summed E-state index contributed by atoms with van der Waals surface area (Å²) >= 11 is 0. The van der Waals surface area contributed by atoms with Gasteiger partial charge in [-0.05, 0) is 68.8 Å². The number of hydrogen-bond donors (Lipinski definition) is 2. The second-order valence-corrected chi connectivity index (χ2v) is 9.23. The van der Waals surface area contributed by atoms with Gasteiger partial charge in [0.05, 0.1) is 7.11 Å². The normalized spacial score (nSPS) is 11.1. The number of terminal acetylenes is 1. The van der Waals surface area contributed by atoms with Crippen LogP contribution < -0.4 is 10.1 Å². The second kappa shape index (κ2) is 10.0. The summed E-state index contributed by atoms with van der Waals surface area (Å²) < 4.78 is 12.4. The first-order chi connectivity index (χ1) is 17.6. The number of carbonyl (C=O) groups is 2. The van der Waals surface area contributed by atoms with Gasteiger partial charge in [-0.15, -0.1) is 6.42 Å². The van der Waals surface area contributed by atoms with Gasteiger partial charge in [-0.3, -0.25) is 5.32 Å². The summed E-state index contributed by atoms with van der Waals surface area (Å²) in [6, 6.07) is 12.2. The van der Waals surface area contributed by atoms with E-state index < -0.39 is 17.7 Å². The van der Waals surface area contributed by atoms with Gasteiger partial charge in [-0.2, -0.15) is 0 Å². The Morgan fingerprint density at radius 3 is 2.59 bits per heavy atom. The number of amides is 1. The first-order valence-electron chi connectivity index (χ1n) is 11.4. The average Bonchev–Trinajstić information content (AvgIpc) is 3.16. The molecule has 0 fully saturated rings. The number of benzene rings is 1. The van der Waals surface area contributed by atoms with Crippen LogP contribution in [0.1, 0.15) is 42.4 Å². The summed E-state index contributed by atoms with van der Waals surface area (Å²) in [6.07, 6.45) is 8.12. The van der Waals surface area contributed by atoms with Crippen LogP contribution in [0, 0.1) is 12.3 Å². The van der Waals surface area contributed by atoms with Crippen LogP contribution in [0.25, 0.3) is 22.0 Å². The Morgan fingerprint density at radius 2 is 1.92 bits per heavy atom. The first-order valence-corrected chi connectivity index (χ1v) is 11.4. The third-order valence-electron chi connectivity index (χ3n) is 5.46. The number of fused-ring (bicyclic) bond motifs is 1. The van der Waals surface area contributed by atoms with E-state index >= 15 is 0 Å². The molecule has 1 amide bonds. The summed E-state index contributed by atoms with van der Waals surface area (Å²) in [6.45, 7) is 5.48. The maximum absolute atomic E-state index is 12.7. The predicted octanol–water partition coefficient (Wildman–Crippen LogP) is 5.18. The molecule has 0 saturated carbocycles. The molecule has 3 heterocycles. The van der Waals surface area contributed by atoms with Crippen molar-refractivity contribution < 1.29 is 24.2 Å². The van der Waals surface area contributed by atoms with E-state index in [1.165, 1.54) is 13.3 Å². The number of pyridine rings is 2. The van der Waals surface area contributed by atoms with Crippen molar-refractivity contribution in [1.29, 1.82) is 0 Å². The fourth-order valence-electron chi connectivity index (χ4n) is 4.08. The van der Waals surface area contributed by atoms with Crippen molar-refractivity contribution in [3.8, 4) is 29.4 Å². The van der Waals surface area contributed by atoms with Gasteiger partial charge in [0, 0.05) is 46.5 Å². The number of carbonyl (C=O) groups excluding carboxylic acids is 1. The molecule has 3 aromatic heterocycles. The lowest BCUT2D eigenvalue weighted by Gasteiger charge is -2.19. The van der Waals surface area contributed by atoms with Crippen LogP contribution in [0.4, 0.5) is 10.6 Å². The van der Waals surface area contributed by atoms with Crippen molar-refractivity contribution in [2.75, 3.05) is 12.4 Å². The summed E-state index contributed by atoms with van der Waals surface area (Å²) in [5.41, 5.74) is 2.35. The summed E-state index contributed by atoms with van der Waals surface area (Å²) in [5, 5.41) is 13.6. The topological polar surface area (TPSA) is 116 Å². The second-order valence-electron chi connectivity index (χ2n) is 9.23. The van der Waals surface area contributed by atoms with Crippen LogP contribution in [0.15, 0.2) is 54.9 Å². The largest absolute Gasteiger partial charge is 0.481 e. The number of aromatic carboxylic acids is 1. The molecule has 4 aromatic rings. The lowest BCUT2D eigenvalue weighted by molar-refractivity contribution is 0.0633. The maximum atomic E-state index is 12.7. The molecular formula is C28H26N4O5. The highest BCUT2D eigenvalue weighted by Gasteiger charge is 2.26. The molecule has 4 rings (SSSR count). The van der Waals surface area contributed by atoms with Gasteiger partial charge in [-0.25, -0.2) is 19.6 Å². The predicted molar refractivity (Wildman–Crippen MR) is 140 cm³/mol. The Hall–Kier alpha value is -4.84. The molecule has 1 aromatic carbocycles. The number of aromatic nitrogens is 3. The van der Waals surface area contributed by atoms with Crippen LogP contribution in [0.5, 0.6) is 5.88 Å². The first kappa shape index (κ1) is 25.3. The zero-order valence-corrected chi connectivity index (χ0v) is 20.9. The summed E-state index contributed by atoms with van der Waals surface area (Å²) in [7, 11) is 1.48. The molecule has 0 bridgehead atoms. The Bertz CT molecular complexity index is 1540. The van der Waals surface area contributed by atoms with Gasteiger partial charge in [-0.1, -0.05) is 5.92 Å². The van der Waals surface area contributed by atoms with E-state index in [0.717, 1.165) is 0 Å². The minimum atomic E-state index is -1.12. The number of ether oxygens (including phenoxy) is 2. The molecule has 37 heavy (non-hydrogen) atoms. The molecule has 9 nitrogen and oxygen atoms in total. The Balaban J connectivity index is 1.85. The summed E-state index contributed by atoms with van der Waals surface area (Å²) in [5.74, 6) is 2.06. The third kappa shape index (κ3) is 5.38. The fraction of sp³-hybridized carbons (Fsp3) is 0.214. The molecule has 9 heteroatoms. The molecule has 0 aliphatic carbocycles. The van der Waals surface area contributed by atoms with Crippen molar-refractivity contribution >= 4 is 28.8 Å². The Labute approximate surface area is 214 Å². The number of carboxylic acid groups (broad SMARTS) is 1. The number of anilines is 1. The number of rotatable bonds is 6. The minimum absolute atomic E-state index is 0.0499. The van der Waals surface area contributed by atoms with E-state index in [1.807, 2.05) is 0 Å². The van der Waals surface area contributed by atoms with Gasteiger partial charge in [0.2, 0.25) is 5.88 Å². The molecule has 0 radical (unpaired) electrons. The van der Waals surface area contributed by atoms with Crippen molar-refractivity contribution in [3.63, 3.8) is 0 Å². The molecule has 2 N–H and O–H groups in total. The van der Waals surface area contributed by atoms with Gasteiger partial charge in [0.1, 0.15) is 17.1 Å². The van der Waals surface area contributed by atoms with E-state index in [-0.39, 0.29) is 18.1 Å². The Morgan fingerprint density at radius 1 is 1.14 bits per heavy atom. The maximum Gasteiger partial charge on any atom is 0.413 e. The number of nitrogens with one attached hydrogen (secondary N) is 1. The fourth-order valence-corrected chi connectivity index (χ4v) is 4.08. The lowest BCUT2D eigenvalue weighted by atomic mass is 10.0. The van der Waals surface area contributed by atoms with E-state index in [0.29, 0.717) is 39.0 Å². The van der Waals surface area contributed by atoms with Crippen molar-refractivity contribution in [1.82, 2.24) is 14.5 Å². The SMILES string of the molecule is C#Cc1ccc2c(c1)c(-c1cccnc1OC)c(C(=O)O)n2Cc1ccnc(NC(=O)OC(C)(C)C)c1. The van der Waals surface area contributed by atoms with Crippen molar-refractivity contribution in [2.24, 2.45) is 0 Å². The van der Waals surface area contributed by atoms with Crippen LogP contribution in [-0.2, 0) is 11.3 Å². The highest BCUT2D eigenvalue weighted by atomic mass is 16.6. The molecular weight excluding hydrogens is 472 g/mol. The van der Waals surface area contributed by atoms with Crippen LogP contribution in [0.3, 0.4) is 0 Å². The smallest absolute Gasteiger partial charge is 0.413 e. The van der Waals surface area contributed by atoms with E-state index in [1.54, 1.807) is 74.0 Å².